The van der Waals surface area contributed by atoms with Crippen LogP contribution in [0.15, 0.2) is 24.3 Å². The predicted molar refractivity (Wildman–Crippen MR) is 82.9 cm³/mol. The number of aromatic nitrogens is 3. The Hall–Kier alpha value is -2.48. The van der Waals surface area contributed by atoms with Gasteiger partial charge in [0.15, 0.2) is 6.23 Å². The molecule has 1 aliphatic rings. The number of carbonyl (C=O) groups excluding carboxylic acids is 2. The normalized spacial score (nSPS) is 23.8. The monoisotopic (exact) mass is 333 g/mol. The van der Waals surface area contributed by atoms with E-state index in [9.17, 15) is 9.59 Å². The van der Waals surface area contributed by atoms with Crippen LogP contribution in [0.5, 0.6) is 0 Å². The SMILES string of the molecule is CC(=O)OC[C@@H]1O[C@H](n2nnc3ccccc32)CC[C@@H]1OC(C)=O. The first-order valence-electron chi connectivity index (χ1n) is 7.80. The topological polar surface area (TPSA) is 92.5 Å². The number of para-hydroxylation sites is 1. The number of rotatable bonds is 4. The van der Waals surface area contributed by atoms with Crippen molar-refractivity contribution < 1.29 is 23.8 Å². The molecule has 2 aromatic rings. The summed E-state index contributed by atoms with van der Waals surface area (Å²) >= 11 is 0. The molecule has 8 nitrogen and oxygen atoms in total. The van der Waals surface area contributed by atoms with Gasteiger partial charge in [0.05, 0.1) is 5.52 Å². The minimum Gasteiger partial charge on any atom is -0.463 e. The third kappa shape index (κ3) is 3.53. The van der Waals surface area contributed by atoms with Gasteiger partial charge >= 0.3 is 11.9 Å². The Morgan fingerprint density at radius 2 is 2.04 bits per heavy atom. The summed E-state index contributed by atoms with van der Waals surface area (Å²) in [5.74, 6) is -0.797. The molecule has 1 saturated heterocycles. The molecule has 0 aliphatic carbocycles. The van der Waals surface area contributed by atoms with Gasteiger partial charge in [0.2, 0.25) is 0 Å². The van der Waals surface area contributed by atoms with Crippen molar-refractivity contribution in [2.45, 2.75) is 45.1 Å². The summed E-state index contributed by atoms with van der Waals surface area (Å²) < 4.78 is 18.1. The van der Waals surface area contributed by atoms with Gasteiger partial charge in [0, 0.05) is 13.8 Å². The van der Waals surface area contributed by atoms with E-state index in [1.807, 2.05) is 24.3 Å². The van der Waals surface area contributed by atoms with E-state index in [4.69, 9.17) is 14.2 Å². The van der Waals surface area contributed by atoms with E-state index in [1.165, 1.54) is 13.8 Å². The Bertz CT molecular complexity index is 744. The summed E-state index contributed by atoms with van der Waals surface area (Å²) in [7, 11) is 0. The van der Waals surface area contributed by atoms with E-state index in [1.54, 1.807) is 4.68 Å². The second-order valence-electron chi connectivity index (χ2n) is 5.68. The molecular formula is C16H19N3O5. The van der Waals surface area contributed by atoms with Crippen molar-refractivity contribution in [3.8, 4) is 0 Å². The number of nitrogens with zero attached hydrogens (tertiary/aromatic N) is 3. The van der Waals surface area contributed by atoms with Gasteiger partial charge < -0.3 is 14.2 Å². The van der Waals surface area contributed by atoms with Gasteiger partial charge in [-0.05, 0) is 25.0 Å². The number of esters is 2. The number of hydrogen-bond donors (Lipinski definition) is 0. The maximum atomic E-state index is 11.3. The van der Waals surface area contributed by atoms with Gasteiger partial charge in [-0.1, -0.05) is 17.3 Å². The molecule has 128 valence electrons. The summed E-state index contributed by atoms with van der Waals surface area (Å²) in [5, 5.41) is 8.28. The molecule has 0 unspecified atom stereocenters. The van der Waals surface area contributed by atoms with E-state index < -0.39 is 18.2 Å². The van der Waals surface area contributed by atoms with Gasteiger partial charge in [0.1, 0.15) is 24.3 Å². The molecule has 8 heteroatoms. The second kappa shape index (κ2) is 6.96. The van der Waals surface area contributed by atoms with E-state index in [0.717, 1.165) is 11.0 Å². The Morgan fingerprint density at radius 1 is 1.25 bits per heavy atom. The molecule has 0 amide bonds. The summed E-state index contributed by atoms with van der Waals surface area (Å²) in [6, 6.07) is 7.59. The number of fused-ring (bicyclic) bond motifs is 1. The van der Waals surface area contributed by atoms with Crippen LogP contribution in [0.1, 0.15) is 32.9 Å². The average molecular weight is 333 g/mol. The van der Waals surface area contributed by atoms with Crippen molar-refractivity contribution in [3.05, 3.63) is 24.3 Å². The Kier molecular flexibility index (Phi) is 4.75. The van der Waals surface area contributed by atoms with Crippen LogP contribution >= 0.6 is 0 Å². The van der Waals surface area contributed by atoms with Crippen LogP contribution in [0, 0.1) is 0 Å². The first kappa shape index (κ1) is 16.4. The minimum absolute atomic E-state index is 0.0242. The molecule has 24 heavy (non-hydrogen) atoms. The Balaban J connectivity index is 1.79. The molecule has 0 saturated carbocycles. The Labute approximate surface area is 138 Å². The molecule has 0 radical (unpaired) electrons. The second-order valence-corrected chi connectivity index (χ2v) is 5.68. The fourth-order valence-corrected chi connectivity index (χ4v) is 2.82. The largest absolute Gasteiger partial charge is 0.463 e. The quantitative estimate of drug-likeness (QED) is 0.785. The highest BCUT2D eigenvalue weighted by Gasteiger charge is 2.36. The van der Waals surface area contributed by atoms with Gasteiger partial charge in [-0.25, -0.2) is 4.68 Å². The third-order valence-corrected chi connectivity index (χ3v) is 3.86. The van der Waals surface area contributed by atoms with Crippen molar-refractivity contribution in [2.75, 3.05) is 6.61 Å². The van der Waals surface area contributed by atoms with Crippen molar-refractivity contribution in [1.82, 2.24) is 15.0 Å². The summed E-state index contributed by atoms with van der Waals surface area (Å²) in [6.07, 6.45) is -0.149. The number of benzene rings is 1. The standard InChI is InChI=1S/C16H19N3O5/c1-10(20)22-9-15-14(23-11(2)21)7-8-16(24-15)19-13-6-4-3-5-12(13)17-18-19/h3-6,14-16H,7-9H2,1-2H3/t14-,15-,16-/m0/s1. The lowest BCUT2D eigenvalue weighted by Gasteiger charge is -2.35. The van der Waals surface area contributed by atoms with E-state index in [0.29, 0.717) is 12.8 Å². The highest BCUT2D eigenvalue weighted by Crippen LogP contribution is 2.30. The van der Waals surface area contributed by atoms with Gasteiger partial charge in [-0.2, -0.15) is 0 Å². The number of carbonyl (C=O) groups is 2. The van der Waals surface area contributed by atoms with Crippen LogP contribution in [0.2, 0.25) is 0 Å². The van der Waals surface area contributed by atoms with Crippen LogP contribution < -0.4 is 0 Å². The molecule has 2 heterocycles. The minimum atomic E-state index is -0.542. The zero-order chi connectivity index (χ0) is 17.1. The van der Waals surface area contributed by atoms with Crippen LogP contribution in [0.3, 0.4) is 0 Å². The van der Waals surface area contributed by atoms with E-state index in [2.05, 4.69) is 10.3 Å². The molecule has 3 atom stereocenters. The molecule has 1 aromatic heterocycles. The highest BCUT2D eigenvalue weighted by molar-refractivity contribution is 5.73. The van der Waals surface area contributed by atoms with Crippen LogP contribution in [-0.2, 0) is 23.8 Å². The molecule has 1 fully saturated rings. The summed E-state index contributed by atoms with van der Waals surface area (Å²) in [4.78, 5) is 22.4. The first-order chi connectivity index (χ1) is 11.5. The van der Waals surface area contributed by atoms with E-state index in [-0.39, 0.29) is 18.8 Å². The van der Waals surface area contributed by atoms with Gasteiger partial charge in [-0.3, -0.25) is 9.59 Å². The van der Waals surface area contributed by atoms with E-state index >= 15 is 0 Å². The zero-order valence-corrected chi connectivity index (χ0v) is 13.5. The average Bonchev–Trinajstić information content (AvgIpc) is 2.97. The smallest absolute Gasteiger partial charge is 0.302 e. The third-order valence-electron chi connectivity index (χ3n) is 3.86. The van der Waals surface area contributed by atoms with Gasteiger partial charge in [-0.15, -0.1) is 5.10 Å². The van der Waals surface area contributed by atoms with Crippen molar-refractivity contribution in [1.29, 1.82) is 0 Å². The van der Waals surface area contributed by atoms with Crippen molar-refractivity contribution in [2.24, 2.45) is 0 Å². The van der Waals surface area contributed by atoms with Crippen LogP contribution in [-0.4, -0.2) is 45.7 Å². The lowest BCUT2D eigenvalue weighted by Crippen LogP contribution is -2.43. The van der Waals surface area contributed by atoms with Gasteiger partial charge in [0.25, 0.3) is 0 Å². The molecule has 1 aromatic carbocycles. The summed E-state index contributed by atoms with van der Waals surface area (Å²) in [6.45, 7) is 2.70. The maximum Gasteiger partial charge on any atom is 0.302 e. The molecule has 1 aliphatic heterocycles. The van der Waals surface area contributed by atoms with Crippen LogP contribution in [0.4, 0.5) is 0 Å². The molecule has 0 spiro atoms. The fraction of sp³-hybridized carbons (Fsp3) is 0.500. The number of ether oxygens (including phenoxy) is 3. The first-order valence-corrected chi connectivity index (χ1v) is 7.80. The zero-order valence-electron chi connectivity index (χ0n) is 13.5. The summed E-state index contributed by atoms with van der Waals surface area (Å²) in [5.41, 5.74) is 1.64. The van der Waals surface area contributed by atoms with Crippen molar-refractivity contribution >= 4 is 23.0 Å². The molecular weight excluding hydrogens is 314 g/mol. The molecule has 0 N–H and O–H groups in total. The highest BCUT2D eigenvalue weighted by atomic mass is 16.6. The molecule has 0 bridgehead atoms. The molecule has 3 rings (SSSR count). The lowest BCUT2D eigenvalue weighted by molar-refractivity contribution is -0.193. The van der Waals surface area contributed by atoms with Crippen molar-refractivity contribution in [3.63, 3.8) is 0 Å². The Morgan fingerprint density at radius 3 is 2.79 bits per heavy atom. The lowest BCUT2D eigenvalue weighted by atomic mass is 10.0. The predicted octanol–water partition coefficient (Wildman–Crippen LogP) is 1.60. The van der Waals surface area contributed by atoms with Crippen LogP contribution in [0.25, 0.3) is 11.0 Å². The number of hydrogen-bond acceptors (Lipinski definition) is 7. The maximum absolute atomic E-state index is 11.3. The fourth-order valence-electron chi connectivity index (χ4n) is 2.82.